The number of rotatable bonds is 4. The van der Waals surface area contributed by atoms with E-state index < -0.39 is 0 Å². The van der Waals surface area contributed by atoms with E-state index in [1.807, 2.05) is 70.5 Å². The van der Waals surface area contributed by atoms with Gasteiger partial charge < -0.3 is 22.7 Å². The number of furan rings is 1. The standard InChI is InChI=1S/C30H17NOS.C30H17NS2.2C28H17NS/c2*1-3-9-26-20(6-1)23-17-19(13-15-27(23)32-26)18-12-14-24-22(16-18)21-7-5-11-29-30(21)31(24)25-8-2-4-10-28(25)33-29;1-2-9-20-18(7-1)8-5-10-21(20)19-15-16-24-23(17-19)22-11-6-14-27-28(22)29(24)25-12-3-4-13-26(25)30-27;1-2-7-19-16-20(13-12-18(19)6-1)21-14-15-24-23(17-21)22-8-5-11-27-28(22)29(24)25-9-3-4-10-26(25)30-27/h2*1-17H;2*1-17H. The summed E-state index contributed by atoms with van der Waals surface area (Å²) < 4.78 is 18.5. The average molecular weight is 1690 g/mol. The maximum absolute atomic E-state index is 6.04. The van der Waals surface area contributed by atoms with Crippen LogP contribution in [0.4, 0.5) is 0 Å². The number of hydrogen-bond donors (Lipinski definition) is 0. The molecule has 26 aromatic rings. The van der Waals surface area contributed by atoms with Crippen LogP contribution in [0.3, 0.4) is 0 Å². The van der Waals surface area contributed by atoms with E-state index in [1.54, 1.807) is 0 Å². The molecule has 4 aliphatic heterocycles. The summed E-state index contributed by atoms with van der Waals surface area (Å²) >= 11 is 9.35. The summed E-state index contributed by atoms with van der Waals surface area (Å²) in [4.78, 5) is 10.5. The van der Waals surface area contributed by atoms with Crippen LogP contribution < -0.4 is 0 Å². The summed E-state index contributed by atoms with van der Waals surface area (Å²) in [6.07, 6.45) is 0. The number of aromatic nitrogens is 4. The van der Waals surface area contributed by atoms with Crippen LogP contribution in [-0.2, 0) is 0 Å². The molecule has 20 aromatic carbocycles. The van der Waals surface area contributed by atoms with Crippen molar-refractivity contribution in [3.8, 4) is 67.3 Å². The zero-order chi connectivity index (χ0) is 82.3. The summed E-state index contributed by atoms with van der Waals surface area (Å²) in [6.45, 7) is 0. The highest BCUT2D eigenvalue weighted by Gasteiger charge is 2.29. The van der Waals surface area contributed by atoms with Gasteiger partial charge in [0.25, 0.3) is 0 Å². The molecule has 10 heteroatoms. The molecule has 0 N–H and O–H groups in total. The molecule has 0 saturated heterocycles. The third kappa shape index (κ3) is 11.3. The molecule has 10 heterocycles. The minimum absolute atomic E-state index is 0.932. The van der Waals surface area contributed by atoms with Crippen molar-refractivity contribution in [2.24, 2.45) is 0 Å². The van der Waals surface area contributed by atoms with Gasteiger partial charge in [0.15, 0.2) is 0 Å². The quantitative estimate of drug-likeness (QED) is 0.175. The van der Waals surface area contributed by atoms with Gasteiger partial charge in [0.05, 0.1) is 66.9 Å². The van der Waals surface area contributed by atoms with Gasteiger partial charge in [0.1, 0.15) is 11.2 Å². The third-order valence-electron chi connectivity index (χ3n) is 25.9. The van der Waals surface area contributed by atoms with Gasteiger partial charge in [-0.3, -0.25) is 0 Å². The van der Waals surface area contributed by atoms with Crippen molar-refractivity contribution in [2.75, 3.05) is 0 Å². The van der Waals surface area contributed by atoms with Crippen molar-refractivity contribution >= 4 is 209 Å². The monoisotopic (exact) mass is 1690 g/mol. The van der Waals surface area contributed by atoms with Crippen LogP contribution in [0.5, 0.6) is 0 Å². The molecule has 6 aromatic heterocycles. The molecule has 0 spiro atoms. The topological polar surface area (TPSA) is 32.9 Å². The Morgan fingerprint density at radius 2 is 0.492 bits per heavy atom. The van der Waals surface area contributed by atoms with Gasteiger partial charge in [0.2, 0.25) is 0 Å². The molecule has 0 unspecified atom stereocenters. The van der Waals surface area contributed by atoms with Crippen molar-refractivity contribution in [3.63, 3.8) is 0 Å². The number of fused-ring (bicyclic) bond motifs is 28. The molecular weight excluding hydrogens is 1630 g/mol. The lowest BCUT2D eigenvalue weighted by Crippen LogP contribution is -2.00. The molecule has 30 rings (SSSR count). The predicted octanol–water partition coefficient (Wildman–Crippen LogP) is 34.2. The van der Waals surface area contributed by atoms with Crippen molar-refractivity contribution in [1.82, 2.24) is 18.3 Å². The highest BCUT2D eigenvalue weighted by Crippen LogP contribution is 2.53. The van der Waals surface area contributed by atoms with Gasteiger partial charge in [-0.25, -0.2) is 0 Å². The number of para-hydroxylation sites is 9. The fourth-order valence-corrected chi connectivity index (χ4v) is 25.7. The van der Waals surface area contributed by atoms with Gasteiger partial charge >= 0.3 is 0 Å². The van der Waals surface area contributed by atoms with E-state index in [9.17, 15) is 0 Å². The Kier molecular flexibility index (Phi) is 16.3. The van der Waals surface area contributed by atoms with Crippen molar-refractivity contribution in [1.29, 1.82) is 0 Å². The van der Waals surface area contributed by atoms with E-state index in [0.717, 1.165) is 21.9 Å². The molecule has 126 heavy (non-hydrogen) atoms. The van der Waals surface area contributed by atoms with Crippen LogP contribution in [0.25, 0.3) is 218 Å². The van der Waals surface area contributed by atoms with Crippen LogP contribution >= 0.6 is 58.4 Å². The minimum Gasteiger partial charge on any atom is -0.456 e. The second kappa shape index (κ2) is 28.6. The van der Waals surface area contributed by atoms with E-state index in [1.165, 1.54) is 235 Å². The molecule has 0 atom stereocenters. The molecule has 0 fully saturated rings. The second-order valence-electron chi connectivity index (χ2n) is 32.9. The Balaban J connectivity index is 0.0000000874. The predicted molar refractivity (Wildman–Crippen MR) is 537 cm³/mol. The SMILES string of the molecule is c1ccc2c(c1)Sc1cccc3c4cc(-c5ccc6ccccc6c5)ccc4n-2c13.c1ccc2c(c1)Sc1cccc3c4cc(-c5ccc6oc7ccccc7c6c5)ccc4n-2c13.c1ccc2c(c1)Sc1cccc3c4cc(-c5ccc6sc7ccccc7c6c5)ccc4n-2c13.c1ccc2c(c1)Sc1cccc3c4cc(-c5cccc6ccccc56)ccc4n-2c13. The lowest BCUT2D eigenvalue weighted by Gasteiger charge is -2.19. The Labute approximate surface area is 744 Å². The van der Waals surface area contributed by atoms with E-state index in [4.69, 9.17) is 4.42 Å². The van der Waals surface area contributed by atoms with Crippen molar-refractivity contribution < 1.29 is 4.42 Å². The maximum Gasteiger partial charge on any atom is 0.135 e. The lowest BCUT2D eigenvalue weighted by molar-refractivity contribution is 0.669. The highest BCUT2D eigenvalue weighted by molar-refractivity contribution is 8.00. The Hall–Kier alpha value is -14.5. The zero-order valence-electron chi connectivity index (χ0n) is 67.5. The summed E-state index contributed by atoms with van der Waals surface area (Å²) in [5, 5.41) is 20.7. The first-order valence-electron chi connectivity index (χ1n) is 42.6. The first-order chi connectivity index (χ1) is 62.4. The fraction of sp³-hybridized carbons (Fsp3) is 0. The normalized spacial score (nSPS) is 12.6. The number of benzene rings is 20. The number of nitrogens with zero attached hydrogens (tertiary/aromatic N) is 4. The Bertz CT molecular complexity index is 8870. The van der Waals surface area contributed by atoms with Crippen molar-refractivity contribution in [3.05, 3.63) is 413 Å². The number of hydrogen-bond acceptors (Lipinski definition) is 6. The van der Waals surface area contributed by atoms with Gasteiger partial charge in [0, 0.05) is 113 Å². The summed E-state index contributed by atoms with van der Waals surface area (Å²) in [5.74, 6) is 0. The zero-order valence-corrected chi connectivity index (χ0v) is 71.6. The minimum atomic E-state index is 0.932. The van der Waals surface area contributed by atoms with E-state index in [0.29, 0.717) is 0 Å². The Morgan fingerprint density at radius 1 is 0.175 bits per heavy atom. The molecule has 588 valence electrons. The van der Waals surface area contributed by atoms with Crippen LogP contribution in [0.1, 0.15) is 0 Å². The van der Waals surface area contributed by atoms with Crippen LogP contribution in [0, 0.1) is 0 Å². The summed E-state index contributed by atoms with van der Waals surface area (Å²) in [7, 11) is 0. The van der Waals surface area contributed by atoms with Gasteiger partial charge in [-0.05, 0) is 230 Å². The Morgan fingerprint density at radius 3 is 0.992 bits per heavy atom. The average Bonchev–Trinajstić information content (AvgIpc) is 1.57. The van der Waals surface area contributed by atoms with Gasteiger partial charge in [-0.1, -0.05) is 296 Å². The molecule has 5 nitrogen and oxygen atoms in total. The van der Waals surface area contributed by atoms with Crippen molar-refractivity contribution in [2.45, 2.75) is 39.2 Å². The molecule has 4 aliphatic rings. The largest absolute Gasteiger partial charge is 0.456 e. The first-order valence-corrected chi connectivity index (χ1v) is 46.7. The van der Waals surface area contributed by atoms with E-state index in [2.05, 4.69) is 419 Å². The molecule has 0 radical (unpaired) electrons. The van der Waals surface area contributed by atoms with Gasteiger partial charge in [-0.2, -0.15) is 0 Å². The first kappa shape index (κ1) is 72.0. The van der Waals surface area contributed by atoms with E-state index in [-0.39, 0.29) is 0 Å². The van der Waals surface area contributed by atoms with Crippen LogP contribution in [0.15, 0.2) is 456 Å². The molecule has 0 aliphatic carbocycles. The molecule has 0 amide bonds. The van der Waals surface area contributed by atoms with Crippen LogP contribution in [0.2, 0.25) is 0 Å². The second-order valence-corrected chi connectivity index (χ2v) is 38.3. The van der Waals surface area contributed by atoms with Crippen LogP contribution in [-0.4, -0.2) is 18.3 Å². The molecule has 0 saturated carbocycles. The maximum atomic E-state index is 6.04. The summed E-state index contributed by atoms with van der Waals surface area (Å²) in [6, 6.07) is 150. The highest BCUT2D eigenvalue weighted by atomic mass is 32.2. The molecule has 0 bridgehead atoms. The third-order valence-corrected chi connectivity index (χ3v) is 31.5. The van der Waals surface area contributed by atoms with E-state index >= 15 is 0 Å². The summed E-state index contributed by atoms with van der Waals surface area (Å²) in [5.41, 5.74) is 27.4. The lowest BCUT2D eigenvalue weighted by atomic mass is 9.97. The smallest absolute Gasteiger partial charge is 0.135 e. The number of thiophene rings is 1. The fourth-order valence-electron chi connectivity index (χ4n) is 20.2. The molecular formula is C116H68N4OS5. The van der Waals surface area contributed by atoms with Gasteiger partial charge in [-0.15, -0.1) is 11.3 Å².